The summed E-state index contributed by atoms with van der Waals surface area (Å²) in [6.45, 7) is 5.77. The molecule has 0 fully saturated rings. The highest BCUT2D eigenvalue weighted by molar-refractivity contribution is 6.31. The Bertz CT molecular complexity index is 654. The van der Waals surface area contributed by atoms with Gasteiger partial charge >= 0.3 is 0 Å². The standard InChI is InChI=1S/C17H20ClNO2.ClH/c1-4-12-8-13(5-6-15(12)18)21-17-10-19(3)9-16-14(17)7-11(2)20-16;/h5-8,17H,4,9-10H2,1-3H3;1H. The smallest absolute Gasteiger partial charge is 0.140 e. The zero-order chi connectivity index (χ0) is 15.0. The number of aryl methyl sites for hydroxylation is 2. The van der Waals surface area contributed by atoms with Crippen molar-refractivity contribution in [2.45, 2.75) is 32.9 Å². The van der Waals surface area contributed by atoms with Gasteiger partial charge in [-0.05, 0) is 50.2 Å². The number of rotatable bonds is 3. The van der Waals surface area contributed by atoms with Gasteiger partial charge in [0.25, 0.3) is 0 Å². The van der Waals surface area contributed by atoms with E-state index in [4.69, 9.17) is 20.8 Å². The molecule has 5 heteroatoms. The molecule has 2 aromatic rings. The van der Waals surface area contributed by atoms with E-state index in [0.29, 0.717) is 0 Å². The van der Waals surface area contributed by atoms with Gasteiger partial charge in [-0.25, -0.2) is 0 Å². The van der Waals surface area contributed by atoms with Gasteiger partial charge in [0.1, 0.15) is 23.4 Å². The molecule has 1 aliphatic heterocycles. The molecule has 0 spiro atoms. The molecule has 3 rings (SSSR count). The highest BCUT2D eigenvalue weighted by atomic mass is 35.5. The van der Waals surface area contributed by atoms with Crippen molar-refractivity contribution in [2.24, 2.45) is 0 Å². The maximum Gasteiger partial charge on any atom is 0.140 e. The van der Waals surface area contributed by atoms with Crippen LogP contribution in [0.2, 0.25) is 5.02 Å². The largest absolute Gasteiger partial charge is 0.484 e. The van der Waals surface area contributed by atoms with Crippen LogP contribution in [0.1, 0.15) is 35.7 Å². The second-order valence-corrected chi connectivity index (χ2v) is 6.05. The Morgan fingerprint density at radius 3 is 2.86 bits per heavy atom. The Labute approximate surface area is 142 Å². The van der Waals surface area contributed by atoms with Crippen LogP contribution in [0.25, 0.3) is 0 Å². The number of nitrogens with zero attached hydrogens (tertiary/aromatic N) is 1. The molecule has 1 aromatic heterocycles. The van der Waals surface area contributed by atoms with E-state index in [2.05, 4.69) is 24.9 Å². The van der Waals surface area contributed by atoms with Gasteiger partial charge < -0.3 is 9.15 Å². The van der Waals surface area contributed by atoms with E-state index >= 15 is 0 Å². The van der Waals surface area contributed by atoms with E-state index in [1.54, 1.807) is 0 Å². The molecule has 0 radical (unpaired) electrons. The molecule has 1 aromatic carbocycles. The molecule has 1 unspecified atom stereocenters. The second kappa shape index (κ2) is 6.95. The molecule has 0 saturated heterocycles. The van der Waals surface area contributed by atoms with Crippen molar-refractivity contribution in [1.29, 1.82) is 0 Å². The lowest BCUT2D eigenvalue weighted by atomic mass is 10.0. The van der Waals surface area contributed by atoms with Gasteiger partial charge in [-0.1, -0.05) is 18.5 Å². The van der Waals surface area contributed by atoms with Crippen LogP contribution in [-0.2, 0) is 13.0 Å². The van der Waals surface area contributed by atoms with E-state index in [1.165, 1.54) is 5.56 Å². The molecule has 0 amide bonds. The van der Waals surface area contributed by atoms with Crippen LogP contribution in [-0.4, -0.2) is 18.5 Å². The van der Waals surface area contributed by atoms with Crippen molar-refractivity contribution in [3.8, 4) is 5.75 Å². The molecule has 0 bridgehead atoms. The zero-order valence-electron chi connectivity index (χ0n) is 13.1. The number of ether oxygens (including phenoxy) is 1. The van der Waals surface area contributed by atoms with Crippen LogP contribution < -0.4 is 4.74 Å². The molecule has 0 aliphatic carbocycles. The van der Waals surface area contributed by atoms with Gasteiger partial charge in [0.15, 0.2) is 0 Å². The van der Waals surface area contributed by atoms with Gasteiger partial charge in [0.05, 0.1) is 6.54 Å². The van der Waals surface area contributed by atoms with Gasteiger partial charge in [-0.2, -0.15) is 0 Å². The van der Waals surface area contributed by atoms with Crippen LogP contribution in [0.15, 0.2) is 28.7 Å². The van der Waals surface area contributed by atoms with E-state index in [9.17, 15) is 0 Å². The Morgan fingerprint density at radius 1 is 1.36 bits per heavy atom. The SMILES string of the molecule is CCc1cc(OC2CN(C)Cc3oc(C)cc32)ccc1Cl.Cl. The molecule has 22 heavy (non-hydrogen) atoms. The maximum atomic E-state index is 6.20. The van der Waals surface area contributed by atoms with Gasteiger partial charge in [-0.15, -0.1) is 12.4 Å². The summed E-state index contributed by atoms with van der Waals surface area (Å²) in [5, 5.41) is 0.797. The third-order valence-electron chi connectivity index (χ3n) is 3.88. The topological polar surface area (TPSA) is 25.6 Å². The van der Waals surface area contributed by atoms with Gasteiger partial charge in [0, 0.05) is 17.1 Å². The summed E-state index contributed by atoms with van der Waals surface area (Å²) in [5.74, 6) is 2.81. The first-order valence-corrected chi connectivity index (χ1v) is 7.67. The molecular formula is C17H21Cl2NO2. The summed E-state index contributed by atoms with van der Waals surface area (Å²) in [6, 6.07) is 7.96. The van der Waals surface area contributed by atoms with E-state index in [1.807, 2.05) is 25.1 Å². The predicted molar refractivity (Wildman–Crippen MR) is 91.2 cm³/mol. The lowest BCUT2D eigenvalue weighted by molar-refractivity contribution is 0.119. The third-order valence-corrected chi connectivity index (χ3v) is 4.25. The number of benzene rings is 1. The summed E-state index contributed by atoms with van der Waals surface area (Å²) < 4.78 is 12.0. The lowest BCUT2D eigenvalue weighted by Gasteiger charge is -2.29. The van der Waals surface area contributed by atoms with E-state index < -0.39 is 0 Å². The molecule has 0 N–H and O–H groups in total. The Hall–Kier alpha value is -1.16. The fourth-order valence-electron chi connectivity index (χ4n) is 2.83. The minimum atomic E-state index is 0. The molecular weight excluding hydrogens is 321 g/mol. The second-order valence-electron chi connectivity index (χ2n) is 5.65. The normalized spacial score (nSPS) is 17.7. The first-order valence-electron chi connectivity index (χ1n) is 7.29. The average molecular weight is 342 g/mol. The molecule has 1 atom stereocenters. The highest BCUT2D eigenvalue weighted by Crippen LogP contribution is 2.33. The predicted octanol–water partition coefficient (Wildman–Crippen LogP) is 4.79. The van der Waals surface area contributed by atoms with Crippen LogP contribution in [0.5, 0.6) is 5.75 Å². The Kier molecular flexibility index (Phi) is 5.43. The van der Waals surface area contributed by atoms with E-state index in [0.717, 1.165) is 47.4 Å². The monoisotopic (exact) mass is 341 g/mol. The van der Waals surface area contributed by atoms with Crippen LogP contribution in [0.4, 0.5) is 0 Å². The molecule has 2 heterocycles. The van der Waals surface area contributed by atoms with Gasteiger partial charge in [-0.3, -0.25) is 4.90 Å². The van der Waals surface area contributed by atoms with E-state index in [-0.39, 0.29) is 18.5 Å². The van der Waals surface area contributed by atoms with Crippen molar-refractivity contribution in [3.63, 3.8) is 0 Å². The summed E-state index contributed by atoms with van der Waals surface area (Å²) in [4.78, 5) is 2.21. The van der Waals surface area contributed by atoms with Crippen molar-refractivity contribution in [2.75, 3.05) is 13.6 Å². The fourth-order valence-corrected chi connectivity index (χ4v) is 3.08. The van der Waals surface area contributed by atoms with Crippen molar-refractivity contribution in [3.05, 3.63) is 51.9 Å². The summed E-state index contributed by atoms with van der Waals surface area (Å²) in [5.41, 5.74) is 2.28. The molecule has 0 saturated carbocycles. The maximum absolute atomic E-state index is 6.20. The zero-order valence-corrected chi connectivity index (χ0v) is 14.6. The number of likely N-dealkylation sites (N-methyl/N-ethyl adjacent to an activating group) is 1. The van der Waals surface area contributed by atoms with Crippen LogP contribution in [0.3, 0.4) is 0 Å². The van der Waals surface area contributed by atoms with Gasteiger partial charge in [0.2, 0.25) is 0 Å². The average Bonchev–Trinajstić information content (AvgIpc) is 2.81. The molecule has 3 nitrogen and oxygen atoms in total. The summed E-state index contributed by atoms with van der Waals surface area (Å²) >= 11 is 6.17. The van der Waals surface area contributed by atoms with Crippen LogP contribution in [0, 0.1) is 6.92 Å². The quantitative estimate of drug-likeness (QED) is 0.802. The van der Waals surface area contributed by atoms with Crippen LogP contribution >= 0.6 is 24.0 Å². The number of halogens is 2. The Morgan fingerprint density at radius 2 is 2.14 bits per heavy atom. The fraction of sp³-hybridized carbons (Fsp3) is 0.412. The summed E-state index contributed by atoms with van der Waals surface area (Å²) in [6.07, 6.45) is 0.901. The number of hydrogen-bond donors (Lipinski definition) is 0. The number of furan rings is 1. The third kappa shape index (κ3) is 3.43. The molecule has 120 valence electrons. The Balaban J connectivity index is 0.00000176. The number of fused-ring (bicyclic) bond motifs is 1. The number of hydrogen-bond acceptors (Lipinski definition) is 3. The first kappa shape index (κ1) is 17.2. The highest BCUT2D eigenvalue weighted by Gasteiger charge is 2.28. The minimum absolute atomic E-state index is 0. The van der Waals surface area contributed by atoms with Crippen molar-refractivity contribution >= 4 is 24.0 Å². The minimum Gasteiger partial charge on any atom is -0.484 e. The summed E-state index contributed by atoms with van der Waals surface area (Å²) in [7, 11) is 2.08. The van der Waals surface area contributed by atoms with Crippen molar-refractivity contribution in [1.82, 2.24) is 4.90 Å². The molecule has 1 aliphatic rings. The first-order chi connectivity index (χ1) is 10.1. The lowest BCUT2D eigenvalue weighted by Crippen LogP contribution is -2.32. The van der Waals surface area contributed by atoms with Crippen molar-refractivity contribution < 1.29 is 9.15 Å².